The molecule has 0 aliphatic rings. The van der Waals surface area contributed by atoms with E-state index in [9.17, 15) is 4.79 Å². The van der Waals surface area contributed by atoms with Gasteiger partial charge in [0, 0.05) is 24.5 Å². The Hall–Kier alpha value is -3.13. The van der Waals surface area contributed by atoms with Crippen LogP contribution in [0.15, 0.2) is 30.6 Å². The van der Waals surface area contributed by atoms with Gasteiger partial charge in [-0.2, -0.15) is 5.10 Å². The van der Waals surface area contributed by atoms with Gasteiger partial charge in [0.1, 0.15) is 17.0 Å². The summed E-state index contributed by atoms with van der Waals surface area (Å²) in [5.74, 6) is 0.680. The molecule has 1 aromatic carbocycles. The molecule has 8 heteroatoms. The standard InChI is InChI=1S/C19H18N6OS/c1-10-11(2)24-25-19-14(10)15-16(27-19)17(23-9-22-15)21-8-12-4-6-13(7-5-12)18(26)20-3/h4-7,9H,8H2,1-3H3,(H,20,26)(H,21,22,23). The van der Waals surface area contributed by atoms with Gasteiger partial charge in [0.25, 0.3) is 5.91 Å². The Morgan fingerprint density at radius 1 is 1.11 bits per heavy atom. The average molecular weight is 378 g/mol. The molecule has 0 radical (unpaired) electrons. The summed E-state index contributed by atoms with van der Waals surface area (Å²) in [6.07, 6.45) is 1.57. The van der Waals surface area contributed by atoms with Crippen LogP contribution in [0.2, 0.25) is 0 Å². The van der Waals surface area contributed by atoms with Crippen molar-refractivity contribution in [3.63, 3.8) is 0 Å². The molecule has 3 aromatic heterocycles. The van der Waals surface area contributed by atoms with E-state index in [1.54, 1.807) is 24.7 Å². The van der Waals surface area contributed by atoms with Gasteiger partial charge < -0.3 is 10.6 Å². The number of anilines is 1. The molecule has 0 spiro atoms. The molecular formula is C19H18N6OS. The number of hydrogen-bond acceptors (Lipinski definition) is 7. The van der Waals surface area contributed by atoms with Gasteiger partial charge in [0.05, 0.1) is 15.9 Å². The maximum Gasteiger partial charge on any atom is 0.251 e. The van der Waals surface area contributed by atoms with Gasteiger partial charge in [-0.3, -0.25) is 4.79 Å². The highest BCUT2D eigenvalue weighted by atomic mass is 32.1. The van der Waals surface area contributed by atoms with E-state index in [2.05, 4.69) is 30.8 Å². The van der Waals surface area contributed by atoms with Crippen molar-refractivity contribution < 1.29 is 4.79 Å². The normalized spacial score (nSPS) is 11.1. The Kier molecular flexibility index (Phi) is 4.41. The lowest BCUT2D eigenvalue weighted by Gasteiger charge is -2.07. The fourth-order valence-corrected chi connectivity index (χ4v) is 4.01. The summed E-state index contributed by atoms with van der Waals surface area (Å²) in [6, 6.07) is 7.49. The average Bonchev–Trinajstić information content (AvgIpc) is 3.09. The van der Waals surface area contributed by atoms with Gasteiger partial charge in [0.15, 0.2) is 0 Å². The lowest BCUT2D eigenvalue weighted by molar-refractivity contribution is 0.0963. The molecule has 4 aromatic rings. The van der Waals surface area contributed by atoms with E-state index >= 15 is 0 Å². The Balaban J connectivity index is 1.64. The third-order valence-electron chi connectivity index (χ3n) is 4.56. The van der Waals surface area contributed by atoms with E-state index in [0.717, 1.165) is 43.1 Å². The van der Waals surface area contributed by atoms with Crippen LogP contribution in [-0.2, 0) is 6.54 Å². The number of thiophene rings is 1. The molecule has 4 rings (SSSR count). The van der Waals surface area contributed by atoms with E-state index in [-0.39, 0.29) is 5.91 Å². The number of benzene rings is 1. The van der Waals surface area contributed by atoms with Gasteiger partial charge >= 0.3 is 0 Å². The lowest BCUT2D eigenvalue weighted by Crippen LogP contribution is -2.17. The first kappa shape index (κ1) is 17.3. The maximum absolute atomic E-state index is 11.6. The predicted octanol–water partition coefficient (Wildman–Crippen LogP) is 3.22. The van der Waals surface area contributed by atoms with Crippen LogP contribution in [0, 0.1) is 13.8 Å². The minimum atomic E-state index is -0.0935. The third-order valence-corrected chi connectivity index (χ3v) is 5.63. The summed E-state index contributed by atoms with van der Waals surface area (Å²) in [6.45, 7) is 4.59. The molecule has 0 aliphatic carbocycles. The van der Waals surface area contributed by atoms with Crippen LogP contribution in [-0.4, -0.2) is 33.1 Å². The Bertz CT molecular complexity index is 1150. The van der Waals surface area contributed by atoms with Crippen molar-refractivity contribution in [2.24, 2.45) is 0 Å². The molecule has 3 heterocycles. The first-order valence-corrected chi connectivity index (χ1v) is 9.32. The highest BCUT2D eigenvalue weighted by molar-refractivity contribution is 7.25. The Labute approximate surface area is 159 Å². The second-order valence-electron chi connectivity index (χ2n) is 6.22. The SMILES string of the molecule is CNC(=O)c1ccc(CNc2ncnc3c2sc2nnc(C)c(C)c23)cc1. The van der Waals surface area contributed by atoms with Crippen molar-refractivity contribution in [2.75, 3.05) is 12.4 Å². The van der Waals surface area contributed by atoms with Gasteiger partial charge in [-0.25, -0.2) is 9.97 Å². The van der Waals surface area contributed by atoms with E-state index < -0.39 is 0 Å². The monoisotopic (exact) mass is 378 g/mol. The molecule has 0 atom stereocenters. The summed E-state index contributed by atoms with van der Waals surface area (Å²) in [4.78, 5) is 21.4. The highest BCUT2D eigenvalue weighted by Crippen LogP contribution is 2.36. The number of rotatable bonds is 4. The van der Waals surface area contributed by atoms with E-state index in [1.807, 2.05) is 38.1 Å². The van der Waals surface area contributed by atoms with Gasteiger partial charge in [-0.05, 0) is 37.1 Å². The van der Waals surface area contributed by atoms with E-state index in [0.29, 0.717) is 12.1 Å². The van der Waals surface area contributed by atoms with Crippen molar-refractivity contribution in [1.29, 1.82) is 0 Å². The smallest absolute Gasteiger partial charge is 0.251 e. The first-order chi connectivity index (χ1) is 13.1. The minimum absolute atomic E-state index is 0.0935. The lowest BCUT2D eigenvalue weighted by atomic mass is 10.1. The molecule has 0 saturated carbocycles. The molecule has 7 nitrogen and oxygen atoms in total. The minimum Gasteiger partial charge on any atom is -0.365 e. The first-order valence-electron chi connectivity index (χ1n) is 8.50. The number of nitrogens with zero attached hydrogens (tertiary/aromatic N) is 4. The largest absolute Gasteiger partial charge is 0.365 e. The maximum atomic E-state index is 11.6. The number of nitrogens with one attached hydrogen (secondary N) is 2. The zero-order valence-corrected chi connectivity index (χ0v) is 16.0. The molecule has 136 valence electrons. The quantitative estimate of drug-likeness (QED) is 0.566. The van der Waals surface area contributed by atoms with Crippen LogP contribution >= 0.6 is 11.3 Å². The summed E-state index contributed by atoms with van der Waals surface area (Å²) in [7, 11) is 1.62. The van der Waals surface area contributed by atoms with Crippen molar-refractivity contribution in [1.82, 2.24) is 25.5 Å². The highest BCUT2D eigenvalue weighted by Gasteiger charge is 2.15. The summed E-state index contributed by atoms with van der Waals surface area (Å²) in [5.41, 5.74) is 4.60. The summed E-state index contributed by atoms with van der Waals surface area (Å²) >= 11 is 1.54. The van der Waals surface area contributed by atoms with E-state index in [4.69, 9.17) is 0 Å². The van der Waals surface area contributed by atoms with Crippen LogP contribution in [0.5, 0.6) is 0 Å². The molecule has 1 amide bonds. The number of aryl methyl sites for hydroxylation is 2. The fraction of sp³-hybridized carbons (Fsp3) is 0.211. The van der Waals surface area contributed by atoms with Crippen molar-refractivity contribution in [2.45, 2.75) is 20.4 Å². The topological polar surface area (TPSA) is 92.7 Å². The van der Waals surface area contributed by atoms with Crippen molar-refractivity contribution in [3.8, 4) is 0 Å². The molecule has 0 bridgehead atoms. The third kappa shape index (κ3) is 3.08. The van der Waals surface area contributed by atoms with Crippen LogP contribution in [0.3, 0.4) is 0 Å². The van der Waals surface area contributed by atoms with Crippen molar-refractivity contribution >= 4 is 43.5 Å². The molecule has 0 fully saturated rings. The Morgan fingerprint density at radius 3 is 2.63 bits per heavy atom. The van der Waals surface area contributed by atoms with Gasteiger partial charge in [-0.15, -0.1) is 16.4 Å². The molecule has 2 N–H and O–H groups in total. The predicted molar refractivity (Wildman–Crippen MR) is 107 cm³/mol. The zero-order valence-electron chi connectivity index (χ0n) is 15.2. The molecular weight excluding hydrogens is 360 g/mol. The van der Waals surface area contributed by atoms with Crippen LogP contribution in [0.25, 0.3) is 20.4 Å². The number of carbonyl (C=O) groups is 1. The number of hydrogen-bond donors (Lipinski definition) is 2. The molecule has 0 saturated heterocycles. The zero-order chi connectivity index (χ0) is 19.0. The number of amides is 1. The van der Waals surface area contributed by atoms with Crippen molar-refractivity contribution in [3.05, 3.63) is 53.0 Å². The summed E-state index contributed by atoms with van der Waals surface area (Å²) in [5, 5.41) is 15.6. The second kappa shape index (κ2) is 6.88. The fourth-order valence-electron chi connectivity index (χ4n) is 2.91. The van der Waals surface area contributed by atoms with Gasteiger partial charge in [0.2, 0.25) is 0 Å². The Morgan fingerprint density at radius 2 is 1.89 bits per heavy atom. The van der Waals surface area contributed by atoms with Crippen LogP contribution in [0.1, 0.15) is 27.2 Å². The number of fused-ring (bicyclic) bond motifs is 3. The molecule has 0 aliphatic heterocycles. The number of aromatic nitrogens is 4. The van der Waals surface area contributed by atoms with Gasteiger partial charge in [-0.1, -0.05) is 12.1 Å². The molecule has 27 heavy (non-hydrogen) atoms. The van der Waals surface area contributed by atoms with Crippen LogP contribution in [0.4, 0.5) is 5.82 Å². The second-order valence-corrected chi connectivity index (χ2v) is 7.22. The number of carbonyl (C=O) groups excluding carboxylic acids is 1. The van der Waals surface area contributed by atoms with Crippen LogP contribution < -0.4 is 10.6 Å². The summed E-state index contributed by atoms with van der Waals surface area (Å²) < 4.78 is 0.970. The molecule has 0 unspecified atom stereocenters. The van der Waals surface area contributed by atoms with E-state index in [1.165, 1.54) is 0 Å².